The van der Waals surface area contributed by atoms with Crippen LogP contribution in [0.5, 0.6) is 0 Å². The molecule has 2 aliphatic rings. The summed E-state index contributed by atoms with van der Waals surface area (Å²) in [6, 6.07) is 3.17. The summed E-state index contributed by atoms with van der Waals surface area (Å²) < 4.78 is 39.6. The van der Waals surface area contributed by atoms with E-state index < -0.39 is 23.1 Å². The molecule has 8 heteroatoms. The summed E-state index contributed by atoms with van der Waals surface area (Å²) in [4.78, 5) is 27.2. The zero-order valence-electron chi connectivity index (χ0n) is 14.2. The second kappa shape index (κ2) is 7.10. The third-order valence-electron chi connectivity index (χ3n) is 5.02. The number of rotatable bonds is 3. The van der Waals surface area contributed by atoms with Gasteiger partial charge in [-0.1, -0.05) is 24.4 Å². The maximum atomic E-state index is 13.2. The minimum atomic E-state index is -4.65. The van der Waals surface area contributed by atoms with Crippen LogP contribution in [0.25, 0.3) is 0 Å². The molecule has 142 valence electrons. The monoisotopic (exact) mass is 388 g/mol. The van der Waals surface area contributed by atoms with Crippen molar-refractivity contribution in [1.29, 1.82) is 0 Å². The number of anilines is 1. The largest absolute Gasteiger partial charge is 0.418 e. The second-order valence-electron chi connectivity index (χ2n) is 6.93. The fraction of sp³-hybridized carbons (Fsp3) is 0.556. The zero-order valence-corrected chi connectivity index (χ0v) is 14.9. The lowest BCUT2D eigenvalue weighted by molar-refractivity contribution is -0.142. The van der Waals surface area contributed by atoms with E-state index in [1.54, 1.807) is 4.90 Å². The van der Waals surface area contributed by atoms with Crippen molar-refractivity contribution in [3.05, 3.63) is 28.8 Å². The molecular formula is C18H20ClF3N2O2. The first-order valence-corrected chi connectivity index (χ1v) is 9.09. The first-order chi connectivity index (χ1) is 12.2. The highest BCUT2D eigenvalue weighted by molar-refractivity contribution is 6.30. The molecule has 1 N–H and O–H groups in total. The Labute approximate surface area is 154 Å². The predicted octanol–water partition coefficient (Wildman–Crippen LogP) is 4.48. The number of hydrogen-bond donors (Lipinski definition) is 1. The van der Waals surface area contributed by atoms with Crippen molar-refractivity contribution in [2.75, 3.05) is 18.4 Å². The van der Waals surface area contributed by atoms with Gasteiger partial charge in [-0.3, -0.25) is 9.59 Å². The van der Waals surface area contributed by atoms with E-state index >= 15 is 0 Å². The number of alkyl halides is 3. The van der Waals surface area contributed by atoms with E-state index in [0.29, 0.717) is 25.9 Å². The number of halogens is 4. The highest BCUT2D eigenvalue weighted by Crippen LogP contribution is 2.49. The highest BCUT2D eigenvalue weighted by atomic mass is 35.5. The summed E-state index contributed by atoms with van der Waals surface area (Å²) in [7, 11) is 0. The topological polar surface area (TPSA) is 49.4 Å². The number of nitrogens with one attached hydrogen (secondary N) is 1. The molecule has 2 fully saturated rings. The molecule has 3 rings (SSSR count). The van der Waals surface area contributed by atoms with Crippen molar-refractivity contribution < 1.29 is 22.8 Å². The first kappa shape index (κ1) is 19.0. The van der Waals surface area contributed by atoms with Gasteiger partial charge in [-0.05, 0) is 43.9 Å². The van der Waals surface area contributed by atoms with Crippen LogP contribution in [0.3, 0.4) is 0 Å². The second-order valence-corrected chi connectivity index (χ2v) is 7.37. The molecular weight excluding hydrogens is 369 g/mol. The minimum Gasteiger partial charge on any atom is -0.342 e. The number of hydrogen-bond acceptors (Lipinski definition) is 2. The maximum absolute atomic E-state index is 13.2. The van der Waals surface area contributed by atoms with Crippen molar-refractivity contribution in [3.8, 4) is 0 Å². The van der Waals surface area contributed by atoms with Gasteiger partial charge in [0.1, 0.15) is 5.41 Å². The number of carbonyl (C=O) groups excluding carboxylic acids is 2. The summed E-state index contributed by atoms with van der Waals surface area (Å²) in [5.41, 5.74) is -2.62. The molecule has 0 bridgehead atoms. The van der Waals surface area contributed by atoms with Gasteiger partial charge >= 0.3 is 6.18 Å². The smallest absolute Gasteiger partial charge is 0.342 e. The van der Waals surface area contributed by atoms with Crippen LogP contribution in [0.4, 0.5) is 18.9 Å². The molecule has 1 heterocycles. The highest BCUT2D eigenvalue weighted by Gasteiger charge is 2.58. The molecule has 1 aliphatic heterocycles. The van der Waals surface area contributed by atoms with E-state index in [0.717, 1.165) is 37.8 Å². The van der Waals surface area contributed by atoms with Gasteiger partial charge < -0.3 is 10.2 Å². The Hall–Kier alpha value is -1.76. The van der Waals surface area contributed by atoms with E-state index in [1.807, 2.05) is 0 Å². The van der Waals surface area contributed by atoms with Crippen molar-refractivity contribution in [2.45, 2.75) is 44.7 Å². The van der Waals surface area contributed by atoms with Crippen LogP contribution < -0.4 is 5.32 Å². The van der Waals surface area contributed by atoms with Crippen LogP contribution in [-0.2, 0) is 15.8 Å². The van der Waals surface area contributed by atoms with E-state index in [4.69, 9.17) is 11.6 Å². The molecule has 0 aromatic heterocycles. The molecule has 2 amide bonds. The van der Waals surface area contributed by atoms with Gasteiger partial charge in [-0.15, -0.1) is 0 Å². The van der Waals surface area contributed by atoms with Crippen LogP contribution in [0.15, 0.2) is 18.2 Å². The zero-order chi connectivity index (χ0) is 18.9. The molecule has 26 heavy (non-hydrogen) atoms. The standard InChI is InChI=1S/C18H20ClF3N2O2/c19-12-5-6-14(13(11-12)18(20,21)22)23-15(25)17(7-8-17)16(26)24-9-3-1-2-4-10-24/h5-6,11H,1-4,7-10H2,(H,23,25). The molecule has 1 saturated carbocycles. The number of nitrogens with zero attached hydrogens (tertiary/aromatic N) is 1. The lowest BCUT2D eigenvalue weighted by Crippen LogP contribution is -2.43. The third kappa shape index (κ3) is 3.82. The van der Waals surface area contributed by atoms with Crippen LogP contribution in [0, 0.1) is 5.41 Å². The fourth-order valence-electron chi connectivity index (χ4n) is 3.34. The Kier molecular flexibility index (Phi) is 5.19. The van der Waals surface area contributed by atoms with Crippen molar-refractivity contribution >= 4 is 29.1 Å². The molecule has 1 aromatic carbocycles. The SMILES string of the molecule is O=C(Nc1ccc(Cl)cc1C(F)(F)F)C1(C(=O)N2CCCCCC2)CC1. The Bertz CT molecular complexity index is 709. The summed E-state index contributed by atoms with van der Waals surface area (Å²) in [5.74, 6) is -0.931. The molecule has 1 aromatic rings. The number of benzene rings is 1. The lowest BCUT2D eigenvalue weighted by atomic mass is 10.0. The predicted molar refractivity (Wildman–Crippen MR) is 91.8 cm³/mol. The van der Waals surface area contributed by atoms with Crippen LogP contribution in [-0.4, -0.2) is 29.8 Å². The Morgan fingerprint density at radius 1 is 1.08 bits per heavy atom. The number of carbonyl (C=O) groups is 2. The van der Waals surface area contributed by atoms with Gasteiger partial charge in [0.2, 0.25) is 11.8 Å². The van der Waals surface area contributed by atoms with Gasteiger partial charge in [0, 0.05) is 18.1 Å². The molecule has 0 radical (unpaired) electrons. The number of likely N-dealkylation sites (tertiary alicyclic amines) is 1. The van der Waals surface area contributed by atoms with Gasteiger partial charge in [-0.2, -0.15) is 13.2 Å². The van der Waals surface area contributed by atoms with Crippen molar-refractivity contribution in [2.24, 2.45) is 5.41 Å². The van der Waals surface area contributed by atoms with E-state index in [1.165, 1.54) is 6.07 Å². The molecule has 0 atom stereocenters. The average molecular weight is 389 g/mol. The van der Waals surface area contributed by atoms with Crippen molar-refractivity contribution in [3.63, 3.8) is 0 Å². The average Bonchev–Trinajstić information content (AvgIpc) is 3.40. The Morgan fingerprint density at radius 2 is 1.69 bits per heavy atom. The molecule has 1 saturated heterocycles. The molecule has 4 nitrogen and oxygen atoms in total. The maximum Gasteiger partial charge on any atom is 0.418 e. The first-order valence-electron chi connectivity index (χ1n) is 8.72. The molecule has 1 aliphatic carbocycles. The van der Waals surface area contributed by atoms with E-state index in [2.05, 4.69) is 5.32 Å². The van der Waals surface area contributed by atoms with Crippen molar-refractivity contribution in [1.82, 2.24) is 4.90 Å². The van der Waals surface area contributed by atoms with Gasteiger partial charge in [0.15, 0.2) is 0 Å². The molecule has 0 spiro atoms. The molecule has 0 unspecified atom stereocenters. The van der Waals surface area contributed by atoms with Crippen LogP contribution in [0.2, 0.25) is 5.02 Å². The summed E-state index contributed by atoms with van der Waals surface area (Å²) in [6.45, 7) is 1.20. The fourth-order valence-corrected chi connectivity index (χ4v) is 3.51. The minimum absolute atomic E-state index is 0.0721. The van der Waals surface area contributed by atoms with E-state index in [9.17, 15) is 22.8 Å². The number of amides is 2. The quantitative estimate of drug-likeness (QED) is 0.776. The summed E-state index contributed by atoms with van der Waals surface area (Å²) in [6.07, 6.45) is -0.0612. The Balaban J connectivity index is 1.79. The van der Waals surface area contributed by atoms with Crippen LogP contribution >= 0.6 is 11.6 Å². The van der Waals surface area contributed by atoms with Gasteiger partial charge in [0.05, 0.1) is 11.3 Å². The summed E-state index contributed by atoms with van der Waals surface area (Å²) in [5, 5.41) is 2.25. The van der Waals surface area contributed by atoms with Gasteiger partial charge in [-0.25, -0.2) is 0 Å². The Morgan fingerprint density at radius 3 is 2.23 bits per heavy atom. The van der Waals surface area contributed by atoms with Gasteiger partial charge in [0.25, 0.3) is 0 Å². The van der Waals surface area contributed by atoms with E-state index in [-0.39, 0.29) is 16.6 Å². The third-order valence-corrected chi connectivity index (χ3v) is 5.26. The lowest BCUT2D eigenvalue weighted by Gasteiger charge is -2.26. The van der Waals surface area contributed by atoms with Crippen LogP contribution in [0.1, 0.15) is 44.1 Å². The normalized spacial score (nSPS) is 19.6. The summed E-state index contributed by atoms with van der Waals surface area (Å²) >= 11 is 5.66.